The maximum atomic E-state index is 8.95. The molecular formula is C15H28N2O. The van der Waals surface area contributed by atoms with Gasteiger partial charge in [-0.05, 0) is 19.3 Å². The van der Waals surface area contributed by atoms with Crippen molar-refractivity contribution in [3.63, 3.8) is 0 Å². The normalized spacial score (nSPS) is 14.9. The lowest BCUT2D eigenvalue weighted by Gasteiger charge is -2.18. The first-order chi connectivity index (χ1) is 8.88. The Kier molecular flexibility index (Phi) is 8.57. The number of hydrogen-bond acceptors (Lipinski definition) is 3. The second kappa shape index (κ2) is 10.1. The van der Waals surface area contributed by atoms with Gasteiger partial charge in [0, 0.05) is 19.5 Å². The van der Waals surface area contributed by atoms with Crippen molar-refractivity contribution in [2.45, 2.75) is 51.4 Å². The third-order valence-corrected chi connectivity index (χ3v) is 3.46. The van der Waals surface area contributed by atoms with Gasteiger partial charge >= 0.3 is 0 Å². The standard InChI is InChI=1S/C15H28N2O/c1-2-3-4-5-6-7-8-9-10-15-16-11-12-17(15)13-14-18/h2,18H,1,3-14H2. The second-order valence-electron chi connectivity index (χ2n) is 4.96. The van der Waals surface area contributed by atoms with Crippen LogP contribution in [-0.4, -0.2) is 42.1 Å². The predicted molar refractivity (Wildman–Crippen MR) is 78.1 cm³/mol. The number of aliphatic hydroxyl groups is 1. The Morgan fingerprint density at radius 2 is 1.89 bits per heavy atom. The smallest absolute Gasteiger partial charge is 0.0991 e. The van der Waals surface area contributed by atoms with Crippen LogP contribution < -0.4 is 0 Å². The molecule has 0 saturated heterocycles. The highest BCUT2D eigenvalue weighted by atomic mass is 16.3. The Labute approximate surface area is 112 Å². The van der Waals surface area contributed by atoms with Gasteiger partial charge in [-0.25, -0.2) is 0 Å². The van der Waals surface area contributed by atoms with Gasteiger partial charge in [-0.2, -0.15) is 0 Å². The van der Waals surface area contributed by atoms with Crippen molar-refractivity contribution in [2.24, 2.45) is 4.99 Å². The highest BCUT2D eigenvalue weighted by molar-refractivity contribution is 5.83. The minimum Gasteiger partial charge on any atom is -0.395 e. The Morgan fingerprint density at radius 3 is 2.61 bits per heavy atom. The quantitative estimate of drug-likeness (QED) is 0.453. The van der Waals surface area contributed by atoms with Gasteiger partial charge in [0.1, 0.15) is 0 Å². The summed E-state index contributed by atoms with van der Waals surface area (Å²) >= 11 is 0. The van der Waals surface area contributed by atoms with Crippen molar-refractivity contribution < 1.29 is 5.11 Å². The summed E-state index contributed by atoms with van der Waals surface area (Å²) in [6.07, 6.45) is 12.1. The minimum atomic E-state index is 0.238. The Morgan fingerprint density at radius 1 is 1.17 bits per heavy atom. The van der Waals surface area contributed by atoms with Crippen LogP contribution in [-0.2, 0) is 0 Å². The van der Waals surface area contributed by atoms with E-state index in [4.69, 9.17) is 5.11 Å². The SMILES string of the molecule is C=CCCCCCCCCC1=NCCN1CCO. The maximum absolute atomic E-state index is 8.95. The first-order valence-electron chi connectivity index (χ1n) is 7.38. The molecule has 1 heterocycles. The number of amidine groups is 1. The summed E-state index contributed by atoms with van der Waals surface area (Å²) in [5.74, 6) is 1.22. The molecule has 1 aliphatic heterocycles. The van der Waals surface area contributed by atoms with Gasteiger partial charge in [0.05, 0.1) is 19.0 Å². The molecule has 104 valence electrons. The van der Waals surface area contributed by atoms with Crippen LogP contribution in [0.1, 0.15) is 51.4 Å². The summed E-state index contributed by atoms with van der Waals surface area (Å²) in [7, 11) is 0. The summed E-state index contributed by atoms with van der Waals surface area (Å²) in [6.45, 7) is 6.64. The summed E-state index contributed by atoms with van der Waals surface area (Å²) in [4.78, 5) is 6.74. The molecule has 0 spiro atoms. The van der Waals surface area contributed by atoms with Crippen molar-refractivity contribution >= 4 is 5.84 Å². The Bertz CT molecular complexity index is 251. The van der Waals surface area contributed by atoms with Gasteiger partial charge in [-0.15, -0.1) is 6.58 Å². The van der Waals surface area contributed by atoms with E-state index in [0.29, 0.717) is 0 Å². The number of aliphatic imine (C=N–C) groups is 1. The van der Waals surface area contributed by atoms with Crippen LogP contribution in [0.2, 0.25) is 0 Å². The lowest BCUT2D eigenvalue weighted by Crippen LogP contribution is -2.30. The molecule has 1 aliphatic rings. The van der Waals surface area contributed by atoms with E-state index in [9.17, 15) is 0 Å². The molecule has 0 aromatic carbocycles. The van der Waals surface area contributed by atoms with Crippen molar-refractivity contribution in [1.82, 2.24) is 4.90 Å². The topological polar surface area (TPSA) is 35.8 Å². The zero-order chi connectivity index (χ0) is 13.1. The Balaban J connectivity index is 1.95. The molecular weight excluding hydrogens is 224 g/mol. The molecule has 3 heteroatoms. The molecule has 0 saturated carbocycles. The first kappa shape index (κ1) is 15.2. The van der Waals surface area contributed by atoms with Crippen LogP contribution in [0.4, 0.5) is 0 Å². The van der Waals surface area contributed by atoms with Gasteiger partial charge in [-0.1, -0.05) is 31.8 Å². The van der Waals surface area contributed by atoms with E-state index in [2.05, 4.69) is 16.5 Å². The minimum absolute atomic E-state index is 0.238. The molecule has 3 nitrogen and oxygen atoms in total. The number of allylic oxidation sites excluding steroid dienone is 1. The lowest BCUT2D eigenvalue weighted by molar-refractivity contribution is 0.255. The zero-order valence-electron chi connectivity index (χ0n) is 11.6. The molecule has 1 N–H and O–H groups in total. The van der Waals surface area contributed by atoms with E-state index in [1.54, 1.807) is 0 Å². The molecule has 0 atom stereocenters. The molecule has 1 rings (SSSR count). The van der Waals surface area contributed by atoms with Crippen LogP contribution in [0.5, 0.6) is 0 Å². The van der Waals surface area contributed by atoms with Gasteiger partial charge in [0.25, 0.3) is 0 Å². The van der Waals surface area contributed by atoms with E-state index < -0.39 is 0 Å². The largest absolute Gasteiger partial charge is 0.395 e. The summed E-state index contributed by atoms with van der Waals surface area (Å²) in [6, 6.07) is 0. The summed E-state index contributed by atoms with van der Waals surface area (Å²) in [5.41, 5.74) is 0. The fraction of sp³-hybridized carbons (Fsp3) is 0.800. The van der Waals surface area contributed by atoms with Crippen molar-refractivity contribution in [3.8, 4) is 0 Å². The molecule has 0 aromatic rings. The van der Waals surface area contributed by atoms with Gasteiger partial charge in [0.2, 0.25) is 0 Å². The first-order valence-corrected chi connectivity index (χ1v) is 7.38. The molecule has 0 radical (unpaired) electrons. The number of rotatable bonds is 11. The number of unbranched alkanes of at least 4 members (excludes halogenated alkanes) is 6. The van der Waals surface area contributed by atoms with Crippen molar-refractivity contribution in [2.75, 3.05) is 26.2 Å². The third kappa shape index (κ3) is 6.20. The van der Waals surface area contributed by atoms with E-state index in [0.717, 1.165) is 32.5 Å². The highest BCUT2D eigenvalue weighted by Crippen LogP contribution is 2.12. The zero-order valence-corrected chi connectivity index (χ0v) is 11.6. The molecule has 0 fully saturated rings. The second-order valence-corrected chi connectivity index (χ2v) is 4.96. The van der Waals surface area contributed by atoms with Crippen molar-refractivity contribution in [3.05, 3.63) is 12.7 Å². The summed E-state index contributed by atoms with van der Waals surface area (Å²) in [5, 5.41) is 8.95. The molecule has 0 aromatic heterocycles. The molecule has 18 heavy (non-hydrogen) atoms. The van der Waals surface area contributed by atoms with E-state index in [1.165, 1.54) is 44.4 Å². The molecule has 0 aliphatic carbocycles. The number of aliphatic hydroxyl groups excluding tert-OH is 1. The summed E-state index contributed by atoms with van der Waals surface area (Å²) < 4.78 is 0. The predicted octanol–water partition coefficient (Wildman–Crippen LogP) is 3.00. The van der Waals surface area contributed by atoms with Gasteiger partial charge in [0.15, 0.2) is 0 Å². The fourth-order valence-corrected chi connectivity index (χ4v) is 2.41. The van der Waals surface area contributed by atoms with Crippen LogP contribution in [0, 0.1) is 0 Å². The van der Waals surface area contributed by atoms with Crippen LogP contribution in [0.25, 0.3) is 0 Å². The lowest BCUT2D eigenvalue weighted by atomic mass is 10.1. The van der Waals surface area contributed by atoms with Crippen LogP contribution in [0.3, 0.4) is 0 Å². The van der Waals surface area contributed by atoms with Crippen LogP contribution >= 0.6 is 0 Å². The van der Waals surface area contributed by atoms with E-state index in [-0.39, 0.29) is 6.61 Å². The van der Waals surface area contributed by atoms with Gasteiger partial charge < -0.3 is 10.0 Å². The average molecular weight is 252 g/mol. The number of hydrogen-bond donors (Lipinski definition) is 1. The fourth-order valence-electron chi connectivity index (χ4n) is 2.41. The van der Waals surface area contributed by atoms with Crippen molar-refractivity contribution in [1.29, 1.82) is 0 Å². The monoisotopic (exact) mass is 252 g/mol. The van der Waals surface area contributed by atoms with E-state index in [1.807, 2.05) is 6.08 Å². The molecule has 0 bridgehead atoms. The third-order valence-electron chi connectivity index (χ3n) is 3.46. The average Bonchev–Trinajstić information content (AvgIpc) is 2.81. The highest BCUT2D eigenvalue weighted by Gasteiger charge is 2.14. The maximum Gasteiger partial charge on any atom is 0.0991 e. The van der Waals surface area contributed by atoms with Gasteiger partial charge in [-0.3, -0.25) is 4.99 Å². The van der Waals surface area contributed by atoms with Crippen LogP contribution in [0.15, 0.2) is 17.6 Å². The molecule has 0 unspecified atom stereocenters. The number of nitrogens with zero attached hydrogens (tertiary/aromatic N) is 2. The van der Waals surface area contributed by atoms with E-state index >= 15 is 0 Å². The Hall–Kier alpha value is -0.830. The number of β-amino-alcohol motifs (C(OH)–C–C–N with tert-alkyl or cyclic N) is 1. The molecule has 0 amide bonds.